The van der Waals surface area contributed by atoms with Crippen LogP contribution in [-0.2, 0) is 19.2 Å². The van der Waals surface area contributed by atoms with E-state index in [0.717, 1.165) is 5.56 Å². The number of imide groups is 1. The molecule has 5 N–H and O–H groups in total. The Hall–Kier alpha value is -4.55. The number of aromatic nitrogens is 3. The van der Waals surface area contributed by atoms with Gasteiger partial charge in [0.2, 0.25) is 11.8 Å². The number of nitrogens with two attached hydrogens (primary N) is 1. The molecule has 1 aromatic carbocycles. The van der Waals surface area contributed by atoms with Gasteiger partial charge in [0.15, 0.2) is 0 Å². The zero-order valence-corrected chi connectivity index (χ0v) is 24.3. The number of nitrogens with zero attached hydrogens (tertiary/aromatic N) is 4. The molecule has 1 aliphatic rings. The van der Waals surface area contributed by atoms with Gasteiger partial charge in [-0.3, -0.25) is 24.1 Å². The molecule has 2 aromatic rings. The van der Waals surface area contributed by atoms with Gasteiger partial charge in [0.25, 0.3) is 11.8 Å². The number of hydrogen-bond donors (Lipinski definition) is 4. The van der Waals surface area contributed by atoms with E-state index < -0.39 is 18.1 Å². The number of hydrogen-bond acceptors (Lipinski definition) is 7. The fraction of sp³-hybridized carbons (Fsp3) is 0.483. The van der Waals surface area contributed by atoms with Crippen LogP contribution in [0.4, 0.5) is 10.5 Å². The molecule has 13 heteroatoms. The number of unbranched alkanes of at least 4 members (excludes halogenated alkanes) is 2. The predicted octanol–water partition coefficient (Wildman–Crippen LogP) is 2.51. The van der Waals surface area contributed by atoms with Crippen LogP contribution in [0.3, 0.4) is 0 Å². The minimum atomic E-state index is -0.713. The van der Waals surface area contributed by atoms with Crippen molar-refractivity contribution in [1.82, 2.24) is 30.5 Å². The Morgan fingerprint density at radius 1 is 0.976 bits per heavy atom. The van der Waals surface area contributed by atoms with Crippen LogP contribution in [0.5, 0.6) is 0 Å². The number of aryl methyl sites for hydroxylation is 1. The molecule has 2 heterocycles. The van der Waals surface area contributed by atoms with Gasteiger partial charge in [-0.2, -0.15) is 0 Å². The Morgan fingerprint density at radius 2 is 1.67 bits per heavy atom. The minimum absolute atomic E-state index is 0.00149. The molecule has 3 rings (SSSR count). The van der Waals surface area contributed by atoms with Crippen molar-refractivity contribution in [3.05, 3.63) is 53.9 Å². The Kier molecular flexibility index (Phi) is 11.8. The highest BCUT2D eigenvalue weighted by Crippen LogP contribution is 2.23. The fourth-order valence-electron chi connectivity index (χ4n) is 4.55. The summed E-state index contributed by atoms with van der Waals surface area (Å²) >= 11 is 0. The van der Waals surface area contributed by atoms with E-state index in [9.17, 15) is 24.0 Å². The maximum absolute atomic E-state index is 13.3. The van der Waals surface area contributed by atoms with Gasteiger partial charge in [-0.05, 0) is 50.7 Å². The molecular weight excluding hydrogens is 540 g/mol. The van der Waals surface area contributed by atoms with E-state index in [0.29, 0.717) is 56.6 Å². The molecule has 1 aliphatic heterocycles. The summed E-state index contributed by atoms with van der Waals surface area (Å²) in [4.78, 5) is 61.6. The van der Waals surface area contributed by atoms with Gasteiger partial charge in [0.1, 0.15) is 11.7 Å². The number of urea groups is 1. The van der Waals surface area contributed by atoms with Crippen molar-refractivity contribution in [1.29, 1.82) is 0 Å². The second kappa shape index (κ2) is 15.5. The minimum Gasteiger partial charge on any atom is -0.352 e. The number of benzene rings is 1. The van der Waals surface area contributed by atoms with E-state index in [1.165, 1.54) is 21.7 Å². The highest BCUT2D eigenvalue weighted by molar-refractivity contribution is 6.12. The average Bonchev–Trinajstić information content (AvgIpc) is 3.54. The van der Waals surface area contributed by atoms with Gasteiger partial charge in [-0.1, -0.05) is 43.2 Å². The summed E-state index contributed by atoms with van der Waals surface area (Å²) in [6.07, 6.45) is 7.24. The zero-order chi connectivity index (χ0) is 30.6. The van der Waals surface area contributed by atoms with Crippen LogP contribution in [0, 0.1) is 12.8 Å². The van der Waals surface area contributed by atoms with Crippen molar-refractivity contribution in [3.63, 3.8) is 0 Å². The molecule has 0 saturated heterocycles. The van der Waals surface area contributed by atoms with Crippen LogP contribution in [0.1, 0.15) is 75.7 Å². The summed E-state index contributed by atoms with van der Waals surface area (Å²) in [6.45, 7) is 6.51. The Balaban J connectivity index is 1.59. The normalized spacial score (nSPS) is 14.2. The van der Waals surface area contributed by atoms with E-state index in [1.54, 1.807) is 6.20 Å². The molecule has 0 fully saturated rings. The second-order valence-electron chi connectivity index (χ2n) is 10.7. The Morgan fingerprint density at radius 3 is 2.31 bits per heavy atom. The summed E-state index contributed by atoms with van der Waals surface area (Å²) in [5.41, 5.74) is 7.40. The standard InChI is InChI=1S/C29H40N8O5/c1-19(2)27(33-24(38)9-5-4-6-17-36-25(39)14-15-26(36)40)22-18-37(35-34-22)23(8-7-16-31-29(30)42)28(41)32-21-12-10-20(3)11-13-21/h10-15,18-19,23,27H,4-9,16-17H2,1-3H3,(H,32,41)(H,33,38)(H3,30,31,42)/t23-,27-/m0/s1. The lowest BCUT2D eigenvalue weighted by Gasteiger charge is -2.20. The van der Waals surface area contributed by atoms with Gasteiger partial charge >= 0.3 is 6.03 Å². The van der Waals surface area contributed by atoms with Gasteiger partial charge in [-0.15, -0.1) is 5.10 Å². The number of rotatable bonds is 16. The van der Waals surface area contributed by atoms with Crippen molar-refractivity contribution >= 4 is 35.3 Å². The van der Waals surface area contributed by atoms with E-state index >= 15 is 0 Å². The number of anilines is 1. The lowest BCUT2D eigenvalue weighted by Crippen LogP contribution is -2.32. The molecule has 226 valence electrons. The molecule has 0 radical (unpaired) electrons. The van der Waals surface area contributed by atoms with Crippen molar-refractivity contribution in [3.8, 4) is 0 Å². The molecule has 0 saturated carbocycles. The van der Waals surface area contributed by atoms with Gasteiger partial charge in [0, 0.05) is 37.3 Å². The molecule has 6 amide bonds. The maximum Gasteiger partial charge on any atom is 0.312 e. The first-order valence-electron chi connectivity index (χ1n) is 14.2. The molecule has 2 atom stereocenters. The van der Waals surface area contributed by atoms with Gasteiger partial charge in [0.05, 0.1) is 12.2 Å². The topological polar surface area (TPSA) is 181 Å². The van der Waals surface area contributed by atoms with E-state index in [1.807, 2.05) is 45.0 Å². The molecule has 0 spiro atoms. The zero-order valence-electron chi connectivity index (χ0n) is 24.3. The third kappa shape index (κ3) is 9.53. The third-order valence-electron chi connectivity index (χ3n) is 6.91. The molecular formula is C29H40N8O5. The molecule has 0 bridgehead atoms. The molecule has 42 heavy (non-hydrogen) atoms. The number of amides is 6. The molecule has 1 aromatic heterocycles. The fourth-order valence-corrected chi connectivity index (χ4v) is 4.55. The first kappa shape index (κ1) is 32.0. The molecule has 0 unspecified atom stereocenters. The van der Waals surface area contributed by atoms with Crippen LogP contribution in [0.15, 0.2) is 42.6 Å². The second-order valence-corrected chi connectivity index (χ2v) is 10.7. The van der Waals surface area contributed by atoms with Crippen LogP contribution >= 0.6 is 0 Å². The highest BCUT2D eigenvalue weighted by Gasteiger charge is 2.27. The van der Waals surface area contributed by atoms with Crippen LogP contribution in [-0.4, -0.2) is 62.6 Å². The summed E-state index contributed by atoms with van der Waals surface area (Å²) < 4.78 is 1.49. The summed E-state index contributed by atoms with van der Waals surface area (Å²) in [5.74, 6) is -1.04. The summed E-state index contributed by atoms with van der Waals surface area (Å²) in [6, 6.07) is 5.67. The number of carbonyl (C=O) groups is 5. The van der Waals surface area contributed by atoms with E-state index in [2.05, 4.69) is 26.3 Å². The number of primary amides is 1. The van der Waals surface area contributed by atoms with Crippen molar-refractivity contribution in [2.75, 3.05) is 18.4 Å². The molecule has 13 nitrogen and oxygen atoms in total. The lowest BCUT2D eigenvalue weighted by molar-refractivity contribution is -0.137. The van der Waals surface area contributed by atoms with Crippen molar-refractivity contribution < 1.29 is 24.0 Å². The average molecular weight is 581 g/mol. The monoisotopic (exact) mass is 580 g/mol. The Labute approximate surface area is 245 Å². The third-order valence-corrected chi connectivity index (χ3v) is 6.91. The van der Waals surface area contributed by atoms with Crippen LogP contribution in [0.2, 0.25) is 0 Å². The predicted molar refractivity (Wildman–Crippen MR) is 156 cm³/mol. The smallest absolute Gasteiger partial charge is 0.312 e. The van der Waals surface area contributed by atoms with Crippen molar-refractivity contribution in [2.45, 2.75) is 71.4 Å². The lowest BCUT2D eigenvalue weighted by atomic mass is 10.0. The van der Waals surface area contributed by atoms with E-state index in [4.69, 9.17) is 5.73 Å². The number of nitrogens with one attached hydrogen (secondary N) is 3. The Bertz CT molecular complexity index is 1270. The highest BCUT2D eigenvalue weighted by atomic mass is 16.2. The largest absolute Gasteiger partial charge is 0.352 e. The first-order valence-corrected chi connectivity index (χ1v) is 14.2. The van der Waals surface area contributed by atoms with Gasteiger partial charge in [-0.25, -0.2) is 9.48 Å². The SMILES string of the molecule is Cc1ccc(NC(=O)[C@H](CCCNC(N)=O)n2cc([C@@H](NC(=O)CCCCCN3C(=O)C=CC3=O)C(C)C)nn2)cc1. The quantitative estimate of drug-likeness (QED) is 0.174. The maximum atomic E-state index is 13.3. The summed E-state index contributed by atoms with van der Waals surface area (Å²) in [5, 5.41) is 17.0. The summed E-state index contributed by atoms with van der Waals surface area (Å²) in [7, 11) is 0. The van der Waals surface area contributed by atoms with Gasteiger partial charge < -0.3 is 21.7 Å². The molecule has 0 aliphatic carbocycles. The van der Waals surface area contributed by atoms with Crippen LogP contribution in [0.25, 0.3) is 0 Å². The number of carbonyl (C=O) groups excluding carboxylic acids is 5. The van der Waals surface area contributed by atoms with Crippen LogP contribution < -0.4 is 21.7 Å². The first-order chi connectivity index (χ1) is 20.0. The van der Waals surface area contributed by atoms with E-state index in [-0.39, 0.29) is 36.0 Å². The van der Waals surface area contributed by atoms with Crippen molar-refractivity contribution in [2.24, 2.45) is 11.7 Å².